The van der Waals surface area contributed by atoms with Gasteiger partial charge in [0.05, 0.1) is 12.8 Å². The molecule has 0 aliphatic carbocycles. The molecule has 9 heteroatoms. The quantitative estimate of drug-likeness (QED) is 0.656. The van der Waals surface area contributed by atoms with Crippen molar-refractivity contribution >= 4 is 11.7 Å². The van der Waals surface area contributed by atoms with Gasteiger partial charge in [0.15, 0.2) is 0 Å². The molecule has 0 aliphatic rings. The Morgan fingerprint density at radius 1 is 1.56 bits per heavy atom. The summed E-state index contributed by atoms with van der Waals surface area (Å²) in [4.78, 5) is 11.2. The van der Waals surface area contributed by atoms with E-state index in [4.69, 9.17) is 5.73 Å². The van der Waals surface area contributed by atoms with Crippen LogP contribution in [0, 0.1) is 0 Å². The number of hydrogen-bond acceptors (Lipinski definition) is 4. The van der Waals surface area contributed by atoms with Crippen LogP contribution in [-0.4, -0.2) is 35.5 Å². The van der Waals surface area contributed by atoms with Gasteiger partial charge in [-0.05, 0) is 0 Å². The monoisotopic (exact) mass is 266 g/mol. The maximum Gasteiger partial charge on any atom is 0.411 e. The number of halogens is 3. The molecule has 0 unspecified atom stereocenters. The van der Waals surface area contributed by atoms with Crippen LogP contribution in [0.1, 0.15) is 12.0 Å². The van der Waals surface area contributed by atoms with Crippen molar-refractivity contribution in [1.82, 2.24) is 15.5 Å². The van der Waals surface area contributed by atoms with Gasteiger partial charge in [0.2, 0.25) is 5.91 Å². The molecule has 102 valence electrons. The second-order valence-corrected chi connectivity index (χ2v) is 3.50. The number of nitrogens with zero attached hydrogens (tertiary/aromatic N) is 1. The molecule has 0 saturated heterocycles. The van der Waals surface area contributed by atoms with Crippen molar-refractivity contribution in [3.8, 4) is 0 Å². The van der Waals surface area contributed by atoms with Crippen molar-refractivity contribution in [3.05, 3.63) is 11.8 Å². The number of aromatic amines is 1. The van der Waals surface area contributed by atoms with Crippen LogP contribution in [-0.2, 0) is 16.1 Å². The third-order valence-corrected chi connectivity index (χ3v) is 1.97. The van der Waals surface area contributed by atoms with Gasteiger partial charge in [-0.2, -0.15) is 18.3 Å². The topological polar surface area (TPSA) is 93.0 Å². The summed E-state index contributed by atoms with van der Waals surface area (Å²) in [5, 5.41) is 8.62. The number of nitrogens with two attached hydrogens (primary N) is 1. The van der Waals surface area contributed by atoms with Crippen LogP contribution in [0.5, 0.6) is 0 Å². The Kier molecular flexibility index (Phi) is 4.95. The minimum absolute atomic E-state index is 0.145. The zero-order valence-electron chi connectivity index (χ0n) is 9.38. The molecule has 1 aromatic rings. The molecule has 0 radical (unpaired) electrons. The summed E-state index contributed by atoms with van der Waals surface area (Å²) in [6.07, 6.45) is -3.06. The average molecular weight is 266 g/mol. The van der Waals surface area contributed by atoms with Gasteiger partial charge in [0.25, 0.3) is 0 Å². The molecule has 18 heavy (non-hydrogen) atoms. The molecule has 0 bridgehead atoms. The van der Waals surface area contributed by atoms with Gasteiger partial charge in [0.1, 0.15) is 12.4 Å². The van der Waals surface area contributed by atoms with E-state index in [0.29, 0.717) is 11.4 Å². The summed E-state index contributed by atoms with van der Waals surface area (Å²) in [6.45, 7) is -1.47. The van der Waals surface area contributed by atoms with E-state index < -0.39 is 18.7 Å². The Bertz CT molecular complexity index is 391. The summed E-state index contributed by atoms with van der Waals surface area (Å²) in [6, 6.07) is 0. The lowest BCUT2D eigenvalue weighted by Crippen LogP contribution is -2.25. The molecule has 0 fully saturated rings. The highest BCUT2D eigenvalue weighted by Gasteiger charge is 2.27. The summed E-state index contributed by atoms with van der Waals surface area (Å²) in [5.41, 5.74) is 6.09. The number of amides is 1. The van der Waals surface area contributed by atoms with Gasteiger partial charge in [0, 0.05) is 18.5 Å². The van der Waals surface area contributed by atoms with Crippen LogP contribution in [0.15, 0.2) is 6.20 Å². The second-order valence-electron chi connectivity index (χ2n) is 3.50. The highest BCUT2D eigenvalue weighted by molar-refractivity contribution is 5.76. The smallest absolute Gasteiger partial charge is 0.384 e. The third kappa shape index (κ3) is 5.53. The standard InChI is InChI=1S/C9H13F3N4O2/c10-9(11,12)5-18-2-1-7(17)14-3-6-4-15-16-8(6)13/h4H,1-3,5H2,(H,14,17)(H3,13,15,16). The summed E-state index contributed by atoms with van der Waals surface area (Å²) < 4.78 is 39.4. The fourth-order valence-electron chi connectivity index (χ4n) is 1.10. The van der Waals surface area contributed by atoms with Crippen molar-refractivity contribution in [2.24, 2.45) is 0 Å². The van der Waals surface area contributed by atoms with Crippen molar-refractivity contribution in [2.75, 3.05) is 18.9 Å². The van der Waals surface area contributed by atoms with E-state index >= 15 is 0 Å². The van der Waals surface area contributed by atoms with Gasteiger partial charge in [-0.3, -0.25) is 9.89 Å². The summed E-state index contributed by atoms with van der Waals surface area (Å²) in [5.74, 6) is -0.0820. The van der Waals surface area contributed by atoms with Gasteiger partial charge >= 0.3 is 6.18 Å². The number of nitrogen functional groups attached to an aromatic ring is 1. The molecule has 4 N–H and O–H groups in total. The molecule has 1 rings (SSSR count). The number of carbonyl (C=O) groups excluding carboxylic acids is 1. The molecule has 0 atom stereocenters. The van der Waals surface area contributed by atoms with Crippen LogP contribution in [0.25, 0.3) is 0 Å². The van der Waals surface area contributed by atoms with E-state index in [1.165, 1.54) is 6.20 Å². The van der Waals surface area contributed by atoms with E-state index in [-0.39, 0.29) is 19.6 Å². The van der Waals surface area contributed by atoms with Crippen LogP contribution < -0.4 is 11.1 Å². The Morgan fingerprint density at radius 3 is 2.83 bits per heavy atom. The zero-order chi connectivity index (χ0) is 13.6. The number of alkyl halides is 3. The molecule has 1 heterocycles. The van der Waals surface area contributed by atoms with E-state index in [1.54, 1.807) is 0 Å². The number of ether oxygens (including phenoxy) is 1. The predicted octanol–water partition coefficient (Wildman–Crippen LogP) is 0.577. The Balaban J connectivity index is 2.13. The zero-order valence-corrected chi connectivity index (χ0v) is 9.38. The Labute approximate surface area is 101 Å². The minimum atomic E-state index is -4.37. The highest BCUT2D eigenvalue weighted by atomic mass is 19.4. The molecule has 0 aliphatic heterocycles. The molecule has 0 spiro atoms. The summed E-state index contributed by atoms with van der Waals surface area (Å²) >= 11 is 0. The largest absolute Gasteiger partial charge is 0.411 e. The SMILES string of the molecule is Nc1[nH]ncc1CNC(=O)CCOCC(F)(F)F. The number of rotatable bonds is 6. The Hall–Kier alpha value is -1.77. The highest BCUT2D eigenvalue weighted by Crippen LogP contribution is 2.14. The van der Waals surface area contributed by atoms with Crippen LogP contribution in [0.4, 0.5) is 19.0 Å². The lowest BCUT2D eigenvalue weighted by molar-refractivity contribution is -0.174. The number of hydrogen-bond donors (Lipinski definition) is 3. The van der Waals surface area contributed by atoms with Crippen molar-refractivity contribution in [1.29, 1.82) is 0 Å². The maximum absolute atomic E-state index is 11.7. The third-order valence-electron chi connectivity index (χ3n) is 1.97. The van der Waals surface area contributed by atoms with E-state index in [0.717, 1.165) is 0 Å². The number of aromatic nitrogens is 2. The van der Waals surface area contributed by atoms with Gasteiger partial charge in [-0.1, -0.05) is 0 Å². The van der Waals surface area contributed by atoms with Crippen molar-refractivity contribution in [2.45, 2.75) is 19.1 Å². The van der Waals surface area contributed by atoms with Crippen LogP contribution >= 0.6 is 0 Å². The first kappa shape index (κ1) is 14.3. The molecule has 0 saturated carbocycles. The molecule has 0 aromatic carbocycles. The van der Waals surface area contributed by atoms with Gasteiger partial charge in [-0.25, -0.2) is 0 Å². The van der Waals surface area contributed by atoms with Crippen molar-refractivity contribution < 1.29 is 22.7 Å². The molecular formula is C9H13F3N4O2. The number of carbonyl (C=O) groups is 1. The van der Waals surface area contributed by atoms with E-state index in [9.17, 15) is 18.0 Å². The molecule has 1 aromatic heterocycles. The fourth-order valence-corrected chi connectivity index (χ4v) is 1.10. The second kappa shape index (κ2) is 6.24. The number of H-pyrrole nitrogens is 1. The summed E-state index contributed by atoms with van der Waals surface area (Å²) in [7, 11) is 0. The maximum atomic E-state index is 11.7. The first-order valence-electron chi connectivity index (χ1n) is 5.07. The Morgan fingerprint density at radius 2 is 2.28 bits per heavy atom. The normalized spacial score (nSPS) is 11.5. The first-order valence-corrected chi connectivity index (χ1v) is 5.07. The first-order chi connectivity index (χ1) is 8.38. The molecule has 6 nitrogen and oxygen atoms in total. The minimum Gasteiger partial charge on any atom is -0.384 e. The van der Waals surface area contributed by atoms with E-state index in [1.807, 2.05) is 0 Å². The average Bonchev–Trinajstić information content (AvgIpc) is 2.66. The van der Waals surface area contributed by atoms with Crippen LogP contribution in [0.2, 0.25) is 0 Å². The van der Waals surface area contributed by atoms with E-state index in [2.05, 4.69) is 20.3 Å². The lowest BCUT2D eigenvalue weighted by atomic mass is 10.3. The molecular weight excluding hydrogens is 253 g/mol. The van der Waals surface area contributed by atoms with Crippen molar-refractivity contribution in [3.63, 3.8) is 0 Å². The lowest BCUT2D eigenvalue weighted by Gasteiger charge is -2.07. The van der Waals surface area contributed by atoms with Crippen LogP contribution in [0.3, 0.4) is 0 Å². The number of nitrogens with one attached hydrogen (secondary N) is 2. The van der Waals surface area contributed by atoms with Gasteiger partial charge in [-0.15, -0.1) is 0 Å². The fraction of sp³-hybridized carbons (Fsp3) is 0.556. The molecule has 1 amide bonds. The predicted molar refractivity (Wildman–Crippen MR) is 56.3 cm³/mol. The van der Waals surface area contributed by atoms with Gasteiger partial charge < -0.3 is 15.8 Å². The number of anilines is 1.